The minimum Gasteiger partial charge on any atom is -0.484 e. The summed E-state index contributed by atoms with van der Waals surface area (Å²) < 4.78 is 5.30. The standard InChI is InChI=1S/C13H15Cl2NO4/c1-16(6-2-3-13(18)19)12(17)8-20-9-4-5-10(14)11(15)7-9/h4-5,7H,2-3,6,8H2,1H3,(H,18,19). The SMILES string of the molecule is CN(CCCC(=O)O)C(=O)COc1ccc(Cl)c(Cl)c1. The van der Waals surface area contributed by atoms with Gasteiger partial charge < -0.3 is 14.7 Å². The Hall–Kier alpha value is -1.46. The maximum Gasteiger partial charge on any atom is 0.303 e. The minimum absolute atomic E-state index is 0.0330. The van der Waals surface area contributed by atoms with Crippen LogP contribution in [0.1, 0.15) is 12.8 Å². The van der Waals surface area contributed by atoms with E-state index in [0.717, 1.165) is 0 Å². The summed E-state index contributed by atoms with van der Waals surface area (Å²) in [5, 5.41) is 9.28. The Morgan fingerprint density at radius 2 is 2.00 bits per heavy atom. The molecule has 20 heavy (non-hydrogen) atoms. The van der Waals surface area contributed by atoms with E-state index in [-0.39, 0.29) is 18.9 Å². The molecular weight excluding hydrogens is 305 g/mol. The van der Waals surface area contributed by atoms with Gasteiger partial charge in [-0.15, -0.1) is 0 Å². The van der Waals surface area contributed by atoms with Crippen molar-refractivity contribution >= 4 is 35.1 Å². The number of carboxylic acids is 1. The average molecular weight is 320 g/mol. The van der Waals surface area contributed by atoms with Crippen LogP contribution in [0.15, 0.2) is 18.2 Å². The fraction of sp³-hybridized carbons (Fsp3) is 0.385. The molecule has 1 N–H and O–H groups in total. The van der Waals surface area contributed by atoms with Crippen molar-refractivity contribution in [3.05, 3.63) is 28.2 Å². The molecular formula is C13H15Cl2NO4. The van der Waals surface area contributed by atoms with E-state index in [9.17, 15) is 9.59 Å². The van der Waals surface area contributed by atoms with E-state index in [0.29, 0.717) is 28.8 Å². The Kier molecular flexibility index (Phi) is 6.61. The summed E-state index contributed by atoms with van der Waals surface area (Å²) in [4.78, 5) is 23.5. The Morgan fingerprint density at radius 3 is 2.60 bits per heavy atom. The highest BCUT2D eigenvalue weighted by Gasteiger charge is 2.10. The third kappa shape index (κ3) is 5.67. The van der Waals surface area contributed by atoms with Crippen molar-refractivity contribution in [1.82, 2.24) is 4.90 Å². The molecule has 0 aliphatic rings. The van der Waals surface area contributed by atoms with Crippen LogP contribution in [0.5, 0.6) is 5.75 Å². The number of ether oxygens (including phenoxy) is 1. The summed E-state index contributed by atoms with van der Waals surface area (Å²) >= 11 is 11.6. The number of carbonyl (C=O) groups is 2. The Bertz CT molecular complexity index is 493. The van der Waals surface area contributed by atoms with E-state index in [2.05, 4.69) is 0 Å². The number of nitrogens with zero attached hydrogens (tertiary/aromatic N) is 1. The van der Waals surface area contributed by atoms with Crippen molar-refractivity contribution in [2.75, 3.05) is 20.2 Å². The zero-order valence-electron chi connectivity index (χ0n) is 10.9. The van der Waals surface area contributed by atoms with Gasteiger partial charge in [0.15, 0.2) is 6.61 Å². The van der Waals surface area contributed by atoms with Gasteiger partial charge in [-0.05, 0) is 18.6 Å². The molecule has 0 fully saturated rings. The van der Waals surface area contributed by atoms with Crippen LogP contribution >= 0.6 is 23.2 Å². The zero-order chi connectivity index (χ0) is 15.1. The first-order chi connectivity index (χ1) is 9.40. The molecule has 0 aliphatic heterocycles. The van der Waals surface area contributed by atoms with Crippen LogP contribution in [0.4, 0.5) is 0 Å². The number of carboxylic acid groups (broad SMARTS) is 1. The molecule has 110 valence electrons. The molecule has 0 radical (unpaired) electrons. The monoisotopic (exact) mass is 319 g/mol. The van der Waals surface area contributed by atoms with Gasteiger partial charge in [0.05, 0.1) is 10.0 Å². The lowest BCUT2D eigenvalue weighted by Gasteiger charge is -2.17. The Morgan fingerprint density at radius 1 is 1.30 bits per heavy atom. The molecule has 0 saturated heterocycles. The quantitative estimate of drug-likeness (QED) is 0.839. The van der Waals surface area contributed by atoms with Gasteiger partial charge in [0.1, 0.15) is 5.75 Å². The van der Waals surface area contributed by atoms with Gasteiger partial charge in [-0.1, -0.05) is 23.2 Å². The highest BCUT2D eigenvalue weighted by molar-refractivity contribution is 6.42. The highest BCUT2D eigenvalue weighted by atomic mass is 35.5. The lowest BCUT2D eigenvalue weighted by Crippen LogP contribution is -2.32. The van der Waals surface area contributed by atoms with Crippen molar-refractivity contribution in [2.45, 2.75) is 12.8 Å². The number of halogens is 2. The number of benzene rings is 1. The van der Waals surface area contributed by atoms with E-state index < -0.39 is 5.97 Å². The summed E-state index contributed by atoms with van der Waals surface area (Å²) in [5.41, 5.74) is 0. The molecule has 1 aromatic rings. The van der Waals surface area contributed by atoms with Crippen LogP contribution in [-0.4, -0.2) is 42.1 Å². The molecule has 5 nitrogen and oxygen atoms in total. The predicted octanol–water partition coefficient (Wildman–Crippen LogP) is 2.70. The molecule has 0 heterocycles. The van der Waals surface area contributed by atoms with Crippen molar-refractivity contribution in [3.63, 3.8) is 0 Å². The van der Waals surface area contributed by atoms with Gasteiger partial charge in [0.2, 0.25) is 0 Å². The van der Waals surface area contributed by atoms with Gasteiger partial charge in [-0.2, -0.15) is 0 Å². The maximum absolute atomic E-state index is 11.7. The number of amides is 1. The molecule has 0 atom stereocenters. The topological polar surface area (TPSA) is 66.8 Å². The molecule has 0 saturated carbocycles. The lowest BCUT2D eigenvalue weighted by atomic mass is 10.3. The fourth-order valence-electron chi connectivity index (χ4n) is 1.41. The van der Waals surface area contributed by atoms with E-state index in [4.69, 9.17) is 33.0 Å². The average Bonchev–Trinajstić information content (AvgIpc) is 2.39. The van der Waals surface area contributed by atoms with Crippen LogP contribution in [0.25, 0.3) is 0 Å². The first kappa shape index (κ1) is 16.6. The number of likely N-dealkylation sites (N-methyl/N-ethyl adjacent to an activating group) is 1. The van der Waals surface area contributed by atoms with Crippen LogP contribution in [-0.2, 0) is 9.59 Å². The number of hydrogen-bond acceptors (Lipinski definition) is 3. The van der Waals surface area contributed by atoms with E-state index in [1.807, 2.05) is 0 Å². The lowest BCUT2D eigenvalue weighted by molar-refractivity contribution is -0.138. The molecule has 1 aromatic carbocycles. The van der Waals surface area contributed by atoms with Gasteiger partial charge >= 0.3 is 5.97 Å². The molecule has 0 spiro atoms. The largest absolute Gasteiger partial charge is 0.484 e. The van der Waals surface area contributed by atoms with E-state index in [1.54, 1.807) is 19.2 Å². The van der Waals surface area contributed by atoms with Crippen molar-refractivity contribution in [2.24, 2.45) is 0 Å². The number of rotatable bonds is 7. The first-order valence-electron chi connectivity index (χ1n) is 5.93. The van der Waals surface area contributed by atoms with E-state index in [1.165, 1.54) is 11.0 Å². The third-order valence-corrected chi connectivity index (χ3v) is 3.30. The number of hydrogen-bond donors (Lipinski definition) is 1. The third-order valence-electron chi connectivity index (χ3n) is 2.56. The summed E-state index contributed by atoms with van der Waals surface area (Å²) in [7, 11) is 1.60. The molecule has 7 heteroatoms. The van der Waals surface area contributed by atoms with Crippen LogP contribution in [0.3, 0.4) is 0 Å². The van der Waals surface area contributed by atoms with Crippen LogP contribution in [0.2, 0.25) is 10.0 Å². The summed E-state index contributed by atoms with van der Waals surface area (Å²) in [6, 6.07) is 4.73. The smallest absolute Gasteiger partial charge is 0.303 e. The summed E-state index contributed by atoms with van der Waals surface area (Å²) in [6.07, 6.45) is 0.440. The van der Waals surface area contributed by atoms with Crippen LogP contribution < -0.4 is 4.74 Å². The zero-order valence-corrected chi connectivity index (χ0v) is 12.4. The summed E-state index contributed by atoms with van der Waals surface area (Å²) in [6.45, 7) is 0.234. The number of aliphatic carboxylic acids is 1. The van der Waals surface area contributed by atoms with Crippen molar-refractivity contribution < 1.29 is 19.4 Å². The summed E-state index contributed by atoms with van der Waals surface area (Å²) in [5.74, 6) is -0.661. The molecule has 0 unspecified atom stereocenters. The Balaban J connectivity index is 2.38. The van der Waals surface area contributed by atoms with Crippen molar-refractivity contribution in [3.8, 4) is 5.75 Å². The highest BCUT2D eigenvalue weighted by Crippen LogP contribution is 2.26. The minimum atomic E-state index is -0.877. The van der Waals surface area contributed by atoms with Gasteiger partial charge in [0.25, 0.3) is 5.91 Å². The van der Waals surface area contributed by atoms with E-state index >= 15 is 0 Å². The fourth-order valence-corrected chi connectivity index (χ4v) is 1.70. The van der Waals surface area contributed by atoms with Crippen LogP contribution in [0, 0.1) is 0 Å². The second-order valence-corrected chi connectivity index (χ2v) is 4.99. The molecule has 0 bridgehead atoms. The Labute approximate surface area is 127 Å². The van der Waals surface area contributed by atoms with Gasteiger partial charge in [-0.25, -0.2) is 0 Å². The number of carbonyl (C=O) groups excluding carboxylic acids is 1. The molecule has 0 aromatic heterocycles. The second-order valence-electron chi connectivity index (χ2n) is 4.18. The first-order valence-corrected chi connectivity index (χ1v) is 6.69. The van der Waals surface area contributed by atoms with Crippen molar-refractivity contribution in [1.29, 1.82) is 0 Å². The van der Waals surface area contributed by atoms with Gasteiger partial charge in [-0.3, -0.25) is 9.59 Å². The maximum atomic E-state index is 11.7. The second kappa shape index (κ2) is 7.97. The normalized spacial score (nSPS) is 10.2. The molecule has 0 aliphatic carbocycles. The molecule has 1 rings (SSSR count). The predicted molar refractivity (Wildman–Crippen MR) is 76.5 cm³/mol. The molecule has 1 amide bonds. The van der Waals surface area contributed by atoms with Gasteiger partial charge in [0, 0.05) is 26.1 Å².